The highest BCUT2D eigenvalue weighted by molar-refractivity contribution is 7.89. The van der Waals surface area contributed by atoms with Gasteiger partial charge in [-0.1, -0.05) is 50.2 Å². The van der Waals surface area contributed by atoms with E-state index in [4.69, 9.17) is 4.74 Å². The molecule has 0 fully saturated rings. The van der Waals surface area contributed by atoms with E-state index in [9.17, 15) is 13.2 Å². The van der Waals surface area contributed by atoms with E-state index in [2.05, 4.69) is 5.32 Å². The first-order valence-electron chi connectivity index (χ1n) is 10.5. The monoisotopic (exact) mass is 444 g/mol. The minimum atomic E-state index is -3.48. The van der Waals surface area contributed by atoms with Crippen LogP contribution in [0.3, 0.4) is 0 Å². The second kappa shape index (κ2) is 11.8. The molecule has 0 heterocycles. The lowest BCUT2D eigenvalue weighted by molar-refractivity contribution is -0.116. The number of nitrogens with one attached hydrogen (secondary N) is 1. The molecule has 168 valence electrons. The van der Waals surface area contributed by atoms with Crippen molar-refractivity contribution in [3.63, 3.8) is 0 Å². The molecule has 0 atom stereocenters. The van der Waals surface area contributed by atoms with E-state index in [-0.39, 0.29) is 16.9 Å². The maximum atomic E-state index is 12.5. The quantitative estimate of drug-likeness (QED) is 0.532. The number of ether oxygens (including phenoxy) is 1. The number of sulfonamides is 1. The van der Waals surface area contributed by atoms with E-state index in [0.717, 1.165) is 16.7 Å². The van der Waals surface area contributed by atoms with Gasteiger partial charge in [0.05, 0.1) is 17.6 Å². The van der Waals surface area contributed by atoms with Gasteiger partial charge in [-0.2, -0.15) is 4.31 Å². The van der Waals surface area contributed by atoms with Gasteiger partial charge in [-0.05, 0) is 48.7 Å². The molecule has 0 aromatic heterocycles. The fraction of sp³-hybridized carbons (Fsp3) is 0.375. The molecule has 6 nitrogen and oxygen atoms in total. The van der Waals surface area contributed by atoms with E-state index in [1.807, 2.05) is 52.0 Å². The minimum Gasteiger partial charge on any atom is -0.374 e. The highest BCUT2D eigenvalue weighted by atomic mass is 32.2. The van der Waals surface area contributed by atoms with Gasteiger partial charge < -0.3 is 10.1 Å². The smallest absolute Gasteiger partial charge is 0.244 e. The summed E-state index contributed by atoms with van der Waals surface area (Å²) in [6, 6.07) is 14.4. The van der Waals surface area contributed by atoms with Gasteiger partial charge in [-0.25, -0.2) is 8.42 Å². The third kappa shape index (κ3) is 7.61. The van der Waals surface area contributed by atoms with Crippen LogP contribution in [0.1, 0.15) is 44.4 Å². The zero-order valence-electron chi connectivity index (χ0n) is 18.7. The number of nitrogens with zero attached hydrogens (tertiary/aromatic N) is 1. The fourth-order valence-corrected chi connectivity index (χ4v) is 4.43. The van der Waals surface area contributed by atoms with E-state index in [1.54, 1.807) is 30.3 Å². The van der Waals surface area contributed by atoms with Crippen LogP contribution in [-0.2, 0) is 32.7 Å². The predicted molar refractivity (Wildman–Crippen MR) is 124 cm³/mol. The predicted octanol–water partition coefficient (Wildman–Crippen LogP) is 3.97. The number of benzene rings is 2. The minimum absolute atomic E-state index is 0.167. The van der Waals surface area contributed by atoms with Crippen molar-refractivity contribution in [3.8, 4) is 0 Å². The van der Waals surface area contributed by atoms with Crippen LogP contribution in [0, 0.1) is 0 Å². The molecule has 2 aromatic carbocycles. The third-order valence-corrected chi connectivity index (χ3v) is 6.76. The lowest BCUT2D eigenvalue weighted by Crippen LogP contribution is -2.30. The summed E-state index contributed by atoms with van der Waals surface area (Å²) in [6.07, 6.45) is 3.27. The molecule has 0 aliphatic rings. The molecule has 1 N–H and O–H groups in total. The molecule has 7 heteroatoms. The van der Waals surface area contributed by atoms with Crippen LogP contribution in [0.15, 0.2) is 59.5 Å². The van der Waals surface area contributed by atoms with E-state index in [1.165, 1.54) is 10.4 Å². The summed E-state index contributed by atoms with van der Waals surface area (Å²) in [5.74, 6) is -0.219. The molecule has 0 unspecified atom stereocenters. The van der Waals surface area contributed by atoms with Gasteiger partial charge in [0.1, 0.15) is 0 Å². The zero-order chi connectivity index (χ0) is 22.9. The van der Waals surface area contributed by atoms with E-state index < -0.39 is 10.0 Å². The van der Waals surface area contributed by atoms with Gasteiger partial charge in [0.25, 0.3) is 0 Å². The molecular weight excluding hydrogens is 412 g/mol. The lowest BCUT2D eigenvalue weighted by atomic mass is 10.1. The molecule has 2 aromatic rings. The summed E-state index contributed by atoms with van der Waals surface area (Å²) < 4.78 is 32.1. The third-order valence-electron chi connectivity index (χ3n) is 4.69. The first kappa shape index (κ1) is 24.8. The number of amides is 1. The molecule has 0 spiro atoms. The summed E-state index contributed by atoms with van der Waals surface area (Å²) in [6.45, 7) is 9.42. The van der Waals surface area contributed by atoms with Crippen molar-refractivity contribution in [2.45, 2.75) is 51.8 Å². The Balaban J connectivity index is 1.93. The number of rotatable bonds is 11. The van der Waals surface area contributed by atoms with Gasteiger partial charge in [-0.15, -0.1) is 0 Å². The standard InChI is InChI=1S/C24H32N2O4S/c1-5-26(6-2)31(28,29)23-13-10-20(11-14-23)12-15-24(27)25-17-21-8-7-9-22(16-21)18-30-19(3)4/h7-16,19H,5-6,17-18H2,1-4H3,(H,25,27)/b15-12+. The Labute approximate surface area is 186 Å². The Morgan fingerprint density at radius 1 is 1.06 bits per heavy atom. The Morgan fingerprint density at radius 3 is 2.32 bits per heavy atom. The molecule has 1 amide bonds. The first-order chi connectivity index (χ1) is 14.8. The molecule has 0 bridgehead atoms. The van der Waals surface area contributed by atoms with Gasteiger partial charge >= 0.3 is 0 Å². The first-order valence-corrected chi connectivity index (χ1v) is 12.0. The second-order valence-electron chi connectivity index (χ2n) is 7.39. The Bertz CT molecular complexity index is 979. The number of carbonyl (C=O) groups is 1. The van der Waals surface area contributed by atoms with Crippen LogP contribution in [-0.4, -0.2) is 37.8 Å². The SMILES string of the molecule is CCN(CC)S(=O)(=O)c1ccc(/C=C/C(=O)NCc2cccc(COC(C)C)c2)cc1. The maximum Gasteiger partial charge on any atom is 0.244 e. The molecule has 2 rings (SSSR count). The van der Waals surface area contributed by atoms with Crippen molar-refractivity contribution < 1.29 is 17.9 Å². The van der Waals surface area contributed by atoms with Gasteiger partial charge in [0.2, 0.25) is 15.9 Å². The average Bonchev–Trinajstić information content (AvgIpc) is 2.76. The van der Waals surface area contributed by atoms with Crippen LogP contribution in [0.2, 0.25) is 0 Å². The highest BCUT2D eigenvalue weighted by Gasteiger charge is 2.20. The van der Waals surface area contributed by atoms with Crippen molar-refractivity contribution >= 4 is 22.0 Å². The van der Waals surface area contributed by atoms with Crippen molar-refractivity contribution in [2.24, 2.45) is 0 Å². The lowest BCUT2D eigenvalue weighted by Gasteiger charge is -2.18. The van der Waals surface area contributed by atoms with Crippen LogP contribution in [0.4, 0.5) is 0 Å². The van der Waals surface area contributed by atoms with Crippen LogP contribution in [0.25, 0.3) is 6.08 Å². The van der Waals surface area contributed by atoms with E-state index >= 15 is 0 Å². The Hall–Kier alpha value is -2.48. The Kier molecular flexibility index (Phi) is 9.43. The summed E-state index contributed by atoms with van der Waals surface area (Å²) in [7, 11) is -3.48. The molecule has 31 heavy (non-hydrogen) atoms. The molecule has 0 radical (unpaired) electrons. The van der Waals surface area contributed by atoms with Crippen molar-refractivity contribution in [1.82, 2.24) is 9.62 Å². The normalized spacial score (nSPS) is 12.1. The molecule has 0 aliphatic carbocycles. The summed E-state index contributed by atoms with van der Waals surface area (Å²) >= 11 is 0. The highest BCUT2D eigenvalue weighted by Crippen LogP contribution is 2.16. The molecule has 0 saturated carbocycles. The number of hydrogen-bond donors (Lipinski definition) is 1. The zero-order valence-corrected chi connectivity index (χ0v) is 19.5. The van der Waals surface area contributed by atoms with Gasteiger partial charge in [0, 0.05) is 25.7 Å². The average molecular weight is 445 g/mol. The molecule has 0 saturated heterocycles. The fourth-order valence-electron chi connectivity index (χ4n) is 2.98. The van der Waals surface area contributed by atoms with Crippen molar-refractivity contribution in [2.75, 3.05) is 13.1 Å². The maximum absolute atomic E-state index is 12.5. The van der Waals surface area contributed by atoms with E-state index in [0.29, 0.717) is 26.2 Å². The molecular formula is C24H32N2O4S. The van der Waals surface area contributed by atoms with Crippen molar-refractivity contribution in [3.05, 3.63) is 71.3 Å². The molecule has 0 aliphatic heterocycles. The largest absolute Gasteiger partial charge is 0.374 e. The number of hydrogen-bond acceptors (Lipinski definition) is 4. The Morgan fingerprint density at radius 2 is 1.71 bits per heavy atom. The van der Waals surface area contributed by atoms with Crippen LogP contribution < -0.4 is 5.32 Å². The van der Waals surface area contributed by atoms with Gasteiger partial charge in [-0.3, -0.25) is 4.79 Å². The summed E-state index contributed by atoms with van der Waals surface area (Å²) in [5, 5.41) is 2.86. The van der Waals surface area contributed by atoms with Crippen molar-refractivity contribution in [1.29, 1.82) is 0 Å². The van der Waals surface area contributed by atoms with Crippen LogP contribution >= 0.6 is 0 Å². The van der Waals surface area contributed by atoms with Crippen LogP contribution in [0.5, 0.6) is 0 Å². The summed E-state index contributed by atoms with van der Waals surface area (Å²) in [5.41, 5.74) is 2.81. The van der Waals surface area contributed by atoms with Gasteiger partial charge in [0.15, 0.2) is 0 Å². The topological polar surface area (TPSA) is 75.7 Å². The number of carbonyl (C=O) groups excluding carboxylic acids is 1. The second-order valence-corrected chi connectivity index (χ2v) is 9.33. The summed E-state index contributed by atoms with van der Waals surface area (Å²) in [4.78, 5) is 12.4.